The third-order valence-electron chi connectivity index (χ3n) is 3.37. The molecular weight excluding hydrogens is 266 g/mol. The van der Waals surface area contributed by atoms with Crippen molar-refractivity contribution in [2.45, 2.75) is 36.5 Å². The van der Waals surface area contributed by atoms with E-state index in [1.807, 2.05) is 17.8 Å². The van der Waals surface area contributed by atoms with Crippen molar-refractivity contribution in [1.82, 2.24) is 4.31 Å². The Morgan fingerprint density at radius 2 is 2.00 bits per heavy atom. The Morgan fingerprint density at radius 3 is 2.61 bits per heavy atom. The number of nitrogens with zero attached hydrogens (tertiary/aromatic N) is 1. The van der Waals surface area contributed by atoms with Crippen molar-refractivity contribution in [1.29, 1.82) is 0 Å². The lowest BCUT2D eigenvalue weighted by Crippen LogP contribution is -2.49. The lowest BCUT2D eigenvalue weighted by Gasteiger charge is -2.38. The lowest BCUT2D eigenvalue weighted by atomic mass is 10.1. The van der Waals surface area contributed by atoms with E-state index in [4.69, 9.17) is 0 Å². The Hall–Kier alpha value is -0.520. The topological polar surface area (TPSA) is 37.4 Å². The fourth-order valence-electron chi connectivity index (χ4n) is 2.40. The fourth-order valence-corrected chi connectivity index (χ4v) is 5.62. The highest BCUT2D eigenvalue weighted by molar-refractivity contribution is 8.00. The summed E-state index contributed by atoms with van der Waals surface area (Å²) in [6.45, 7) is 4.79. The SMILES string of the molecule is CCC1C(C)SCCN1S(=O)(=O)c1ccccc1. The molecule has 18 heavy (non-hydrogen) atoms. The minimum Gasteiger partial charge on any atom is -0.207 e. The van der Waals surface area contributed by atoms with Gasteiger partial charge in [0.25, 0.3) is 0 Å². The summed E-state index contributed by atoms with van der Waals surface area (Å²) in [6.07, 6.45) is 0.861. The number of hydrogen-bond acceptors (Lipinski definition) is 3. The second-order valence-electron chi connectivity index (χ2n) is 4.48. The smallest absolute Gasteiger partial charge is 0.207 e. The number of sulfonamides is 1. The van der Waals surface area contributed by atoms with Crippen LogP contribution in [0.5, 0.6) is 0 Å². The molecule has 1 aromatic rings. The molecule has 1 fully saturated rings. The molecule has 1 heterocycles. The van der Waals surface area contributed by atoms with Crippen LogP contribution in [0.25, 0.3) is 0 Å². The van der Waals surface area contributed by atoms with E-state index >= 15 is 0 Å². The maximum atomic E-state index is 12.6. The van der Waals surface area contributed by atoms with E-state index in [1.165, 1.54) is 0 Å². The number of rotatable bonds is 3. The summed E-state index contributed by atoms with van der Waals surface area (Å²) in [4.78, 5) is 0.405. The maximum Gasteiger partial charge on any atom is 0.243 e. The molecule has 2 unspecified atom stereocenters. The minimum atomic E-state index is -3.34. The first-order valence-corrected chi connectivity index (χ1v) is 8.74. The molecule has 0 aliphatic carbocycles. The predicted molar refractivity (Wildman–Crippen MR) is 76.3 cm³/mol. The monoisotopic (exact) mass is 285 g/mol. The van der Waals surface area contributed by atoms with Gasteiger partial charge in [-0.1, -0.05) is 32.0 Å². The lowest BCUT2D eigenvalue weighted by molar-refractivity contribution is 0.313. The summed E-state index contributed by atoms with van der Waals surface area (Å²) < 4.78 is 26.9. The molecule has 5 heteroatoms. The van der Waals surface area contributed by atoms with Crippen LogP contribution in [-0.2, 0) is 10.0 Å². The molecule has 2 atom stereocenters. The van der Waals surface area contributed by atoms with E-state index in [-0.39, 0.29) is 6.04 Å². The zero-order valence-corrected chi connectivity index (χ0v) is 12.4. The molecule has 1 aromatic carbocycles. The van der Waals surface area contributed by atoms with Crippen LogP contribution in [0.3, 0.4) is 0 Å². The molecular formula is C13H19NO2S2. The molecule has 0 spiro atoms. The highest BCUT2D eigenvalue weighted by atomic mass is 32.2. The van der Waals surface area contributed by atoms with E-state index in [2.05, 4.69) is 13.8 Å². The van der Waals surface area contributed by atoms with Gasteiger partial charge in [0.2, 0.25) is 10.0 Å². The summed E-state index contributed by atoms with van der Waals surface area (Å²) in [6, 6.07) is 8.84. The van der Waals surface area contributed by atoms with E-state index < -0.39 is 10.0 Å². The summed E-state index contributed by atoms with van der Waals surface area (Å²) in [5.74, 6) is 0.879. The van der Waals surface area contributed by atoms with E-state index in [9.17, 15) is 8.42 Å². The first kappa shape index (κ1) is 13.9. The van der Waals surface area contributed by atoms with Crippen LogP contribution in [0.4, 0.5) is 0 Å². The largest absolute Gasteiger partial charge is 0.243 e. The molecule has 100 valence electrons. The van der Waals surface area contributed by atoms with E-state index in [1.54, 1.807) is 28.6 Å². The quantitative estimate of drug-likeness (QED) is 0.856. The van der Waals surface area contributed by atoms with Gasteiger partial charge in [0.1, 0.15) is 0 Å². The Bertz CT molecular complexity index is 487. The van der Waals surface area contributed by atoms with E-state index in [0.717, 1.165) is 12.2 Å². The molecule has 2 rings (SSSR count). The molecule has 0 amide bonds. The normalized spacial score (nSPS) is 26.1. The summed E-state index contributed by atoms with van der Waals surface area (Å²) >= 11 is 1.86. The van der Waals surface area contributed by atoms with Crippen molar-refractivity contribution in [2.75, 3.05) is 12.3 Å². The maximum absolute atomic E-state index is 12.6. The predicted octanol–water partition coefficient (Wildman–Crippen LogP) is 2.59. The standard InChI is InChI=1S/C13H19NO2S2/c1-3-13-11(2)17-10-9-14(13)18(15,16)12-7-5-4-6-8-12/h4-8,11,13H,3,9-10H2,1-2H3. The fraction of sp³-hybridized carbons (Fsp3) is 0.538. The molecule has 0 aromatic heterocycles. The molecule has 0 radical (unpaired) electrons. The first-order valence-electron chi connectivity index (χ1n) is 6.26. The zero-order valence-electron chi connectivity index (χ0n) is 10.7. The van der Waals surface area contributed by atoms with Crippen molar-refractivity contribution in [3.05, 3.63) is 30.3 Å². The van der Waals surface area contributed by atoms with Crippen molar-refractivity contribution < 1.29 is 8.42 Å². The van der Waals surface area contributed by atoms with Gasteiger partial charge >= 0.3 is 0 Å². The van der Waals surface area contributed by atoms with Gasteiger partial charge in [-0.15, -0.1) is 0 Å². The van der Waals surface area contributed by atoms with Crippen LogP contribution in [-0.4, -0.2) is 36.3 Å². The Labute approximate surface area is 114 Å². The summed E-state index contributed by atoms with van der Waals surface area (Å²) in [5.41, 5.74) is 0. The second kappa shape index (κ2) is 5.63. The number of benzene rings is 1. The third kappa shape index (κ3) is 2.58. The molecule has 3 nitrogen and oxygen atoms in total. The van der Waals surface area contributed by atoms with Crippen molar-refractivity contribution in [3.63, 3.8) is 0 Å². The molecule has 0 saturated carbocycles. The van der Waals surface area contributed by atoms with Crippen LogP contribution in [0.15, 0.2) is 35.2 Å². The molecule has 1 aliphatic rings. The van der Waals surface area contributed by atoms with Crippen LogP contribution < -0.4 is 0 Å². The molecule has 0 N–H and O–H groups in total. The van der Waals surface area contributed by atoms with Gasteiger partial charge in [0, 0.05) is 23.6 Å². The number of hydrogen-bond donors (Lipinski definition) is 0. The zero-order chi connectivity index (χ0) is 13.2. The third-order valence-corrected chi connectivity index (χ3v) is 6.57. The van der Waals surface area contributed by atoms with Crippen LogP contribution in [0, 0.1) is 0 Å². The van der Waals surface area contributed by atoms with Gasteiger partial charge in [-0.3, -0.25) is 0 Å². The van der Waals surface area contributed by atoms with E-state index in [0.29, 0.717) is 16.7 Å². The highest BCUT2D eigenvalue weighted by Crippen LogP contribution is 2.31. The van der Waals surface area contributed by atoms with Crippen molar-refractivity contribution in [3.8, 4) is 0 Å². The Kier molecular flexibility index (Phi) is 4.35. The average molecular weight is 285 g/mol. The van der Waals surface area contributed by atoms with Gasteiger partial charge in [-0.25, -0.2) is 8.42 Å². The summed E-state index contributed by atoms with van der Waals surface area (Å²) in [5, 5.41) is 0.363. The number of thioether (sulfide) groups is 1. The summed E-state index contributed by atoms with van der Waals surface area (Å²) in [7, 11) is -3.34. The van der Waals surface area contributed by atoms with Crippen LogP contribution in [0.1, 0.15) is 20.3 Å². The minimum absolute atomic E-state index is 0.106. The molecule has 1 aliphatic heterocycles. The molecule has 1 saturated heterocycles. The van der Waals surface area contributed by atoms with Crippen molar-refractivity contribution in [2.24, 2.45) is 0 Å². The first-order chi connectivity index (χ1) is 8.57. The highest BCUT2D eigenvalue weighted by Gasteiger charge is 2.36. The van der Waals surface area contributed by atoms with Gasteiger partial charge in [0.05, 0.1) is 4.90 Å². The van der Waals surface area contributed by atoms with Crippen LogP contribution >= 0.6 is 11.8 Å². The Balaban J connectivity index is 2.34. The van der Waals surface area contributed by atoms with Gasteiger partial charge < -0.3 is 0 Å². The van der Waals surface area contributed by atoms with Gasteiger partial charge in [0.15, 0.2) is 0 Å². The van der Waals surface area contributed by atoms with Crippen LogP contribution in [0.2, 0.25) is 0 Å². The van der Waals surface area contributed by atoms with Crippen molar-refractivity contribution >= 4 is 21.8 Å². The Morgan fingerprint density at radius 1 is 1.33 bits per heavy atom. The van der Waals surface area contributed by atoms with Gasteiger partial charge in [-0.2, -0.15) is 16.1 Å². The second-order valence-corrected chi connectivity index (χ2v) is 7.86. The van der Waals surface area contributed by atoms with Gasteiger partial charge in [-0.05, 0) is 18.6 Å². The average Bonchev–Trinajstić information content (AvgIpc) is 2.39. The molecule has 0 bridgehead atoms.